The average Bonchev–Trinajstić information content (AvgIpc) is 3.55. The van der Waals surface area contributed by atoms with E-state index in [4.69, 9.17) is 33.2 Å². The zero-order valence-electron chi connectivity index (χ0n) is 45.9. The summed E-state index contributed by atoms with van der Waals surface area (Å²) in [5.74, 6) is -2.13. The minimum Gasteiger partial charge on any atom is -0.432 e. The zero-order chi connectivity index (χ0) is 57.1. The molecule has 0 bridgehead atoms. The number of esters is 1. The molecule has 5 saturated carbocycles. The number of carbonyl (C=O) groups is 1. The molecule has 30 unspecified atom stereocenters. The predicted octanol–water partition coefficient (Wildman–Crippen LogP) is -2.40. The van der Waals surface area contributed by atoms with E-state index in [-0.39, 0.29) is 36.2 Å². The molecule has 15 N–H and O–H groups in total. The van der Waals surface area contributed by atoms with Crippen LogP contribution in [0.4, 0.5) is 0 Å². The third-order valence-corrected chi connectivity index (χ3v) is 22.0. The highest BCUT2D eigenvalue weighted by Gasteiger charge is 2.72. The standard InChI is InChI=1S/C55H90O23/c1-23-33(60)38(65)42(69)46(73-23)77-45-27(59)18-51(4)31(52(45,5)22-58)10-11-54(7)32(51)9-8-25-26-17-50(2,3)12-14-55(26,15-13-53(25,54)6)49(71)78-48-44(76-47-43(70)40(67)36(63)29(20-57)74-47)41(68)37(64)30(75-48)21-72-28-16-24(19-56)34(61)39(66)35(28)62/h8,23-24,26-48,56-70H,9-22H2,1-7H3. The molecule has 9 rings (SSSR count). The van der Waals surface area contributed by atoms with Crippen molar-refractivity contribution in [1.82, 2.24) is 0 Å². The number of aliphatic hydroxyl groups is 15. The van der Waals surface area contributed by atoms with Crippen molar-refractivity contribution in [3.8, 4) is 0 Å². The highest BCUT2D eigenvalue weighted by Crippen LogP contribution is 2.76. The van der Waals surface area contributed by atoms with Gasteiger partial charge in [-0.1, -0.05) is 53.2 Å². The summed E-state index contributed by atoms with van der Waals surface area (Å²) in [4.78, 5) is 15.6. The monoisotopic (exact) mass is 1120 g/mol. The maximum Gasteiger partial charge on any atom is 0.315 e. The second-order valence-electron chi connectivity index (χ2n) is 26.8. The van der Waals surface area contributed by atoms with Crippen molar-refractivity contribution in [2.75, 3.05) is 26.4 Å². The Morgan fingerprint density at radius 3 is 1.90 bits per heavy atom. The van der Waals surface area contributed by atoms with Gasteiger partial charge in [0.1, 0.15) is 73.2 Å². The van der Waals surface area contributed by atoms with Crippen molar-refractivity contribution < 1.29 is 115 Å². The molecule has 8 fully saturated rings. The Hall–Kier alpha value is -1.63. The fraction of sp³-hybridized carbons (Fsp3) is 0.945. The van der Waals surface area contributed by atoms with Crippen LogP contribution < -0.4 is 0 Å². The normalized spacial score (nSPS) is 55.1. The van der Waals surface area contributed by atoms with Crippen molar-refractivity contribution in [1.29, 1.82) is 0 Å². The van der Waals surface area contributed by atoms with Gasteiger partial charge in [-0.05, 0) is 111 Å². The van der Waals surface area contributed by atoms with Crippen molar-refractivity contribution >= 4 is 5.97 Å². The van der Waals surface area contributed by atoms with Gasteiger partial charge in [0.2, 0.25) is 6.29 Å². The predicted molar refractivity (Wildman–Crippen MR) is 267 cm³/mol. The molecule has 0 spiro atoms. The molecule has 0 amide bonds. The lowest BCUT2D eigenvalue weighted by molar-refractivity contribution is -0.365. The lowest BCUT2D eigenvalue weighted by Crippen LogP contribution is -2.69. The number of hydrogen-bond acceptors (Lipinski definition) is 23. The second kappa shape index (κ2) is 22.1. The van der Waals surface area contributed by atoms with Gasteiger partial charge in [0, 0.05) is 17.9 Å². The first kappa shape index (κ1) is 60.9. The molecule has 9 aliphatic rings. The van der Waals surface area contributed by atoms with Gasteiger partial charge >= 0.3 is 5.97 Å². The number of hydrogen-bond donors (Lipinski definition) is 15. The number of carbonyl (C=O) groups excluding carboxylic acids is 1. The molecular formula is C55H90O23. The minimum atomic E-state index is -1.97. The molecule has 3 saturated heterocycles. The van der Waals surface area contributed by atoms with E-state index < -0.39 is 188 Å². The number of fused-ring (bicyclic) bond motifs is 7. The van der Waals surface area contributed by atoms with E-state index in [0.29, 0.717) is 51.4 Å². The lowest BCUT2D eigenvalue weighted by Gasteiger charge is -2.72. The van der Waals surface area contributed by atoms with Crippen LogP contribution in [0.3, 0.4) is 0 Å². The summed E-state index contributed by atoms with van der Waals surface area (Å²) in [6.45, 7) is 12.3. The highest BCUT2D eigenvalue weighted by atomic mass is 16.8. The molecule has 23 nitrogen and oxygen atoms in total. The molecule has 23 heteroatoms. The van der Waals surface area contributed by atoms with E-state index in [1.54, 1.807) is 6.92 Å². The van der Waals surface area contributed by atoms with E-state index >= 15 is 4.79 Å². The number of rotatable bonds is 12. The smallest absolute Gasteiger partial charge is 0.315 e. The SMILES string of the molecule is CC1OC(OC2C(O)CC3(C)C(CCC4(C)C3CC=C3C5CC(C)(C)CCC5(C(=O)OC5OC(COC6CC(CO)C(O)C(O)C6O)C(O)C(O)C5OC5OC(CO)C(O)C(O)C5O)CCC34C)C2(C)CO)C(O)C(O)C1O. The summed E-state index contributed by atoms with van der Waals surface area (Å²) in [5, 5.41) is 163. The first-order chi connectivity index (χ1) is 36.5. The largest absolute Gasteiger partial charge is 0.432 e. The van der Waals surface area contributed by atoms with Crippen LogP contribution in [0.5, 0.6) is 0 Å². The van der Waals surface area contributed by atoms with Crippen LogP contribution in [0.1, 0.15) is 113 Å². The van der Waals surface area contributed by atoms with Gasteiger partial charge < -0.3 is 110 Å². The molecular weight excluding hydrogens is 1030 g/mol. The Kier molecular flexibility index (Phi) is 17.3. The maximum atomic E-state index is 15.6. The van der Waals surface area contributed by atoms with E-state index in [9.17, 15) is 76.6 Å². The number of aliphatic hydroxyl groups excluding tert-OH is 15. The fourth-order valence-corrected chi connectivity index (χ4v) is 16.9. The van der Waals surface area contributed by atoms with Crippen LogP contribution in [0.15, 0.2) is 11.6 Å². The van der Waals surface area contributed by atoms with Crippen molar-refractivity contribution in [2.45, 2.75) is 241 Å². The van der Waals surface area contributed by atoms with Gasteiger partial charge in [-0.2, -0.15) is 0 Å². The lowest BCUT2D eigenvalue weighted by atomic mass is 9.33. The van der Waals surface area contributed by atoms with Gasteiger partial charge in [0.25, 0.3) is 0 Å². The van der Waals surface area contributed by atoms with Gasteiger partial charge in [0.05, 0.1) is 55.8 Å². The molecule has 3 heterocycles. The van der Waals surface area contributed by atoms with Gasteiger partial charge in [-0.25, -0.2) is 0 Å². The summed E-state index contributed by atoms with van der Waals surface area (Å²) in [7, 11) is 0. The molecule has 0 radical (unpaired) electrons. The molecule has 0 aromatic rings. The Morgan fingerprint density at radius 2 is 1.24 bits per heavy atom. The molecule has 448 valence electrons. The third kappa shape index (κ3) is 9.78. The van der Waals surface area contributed by atoms with E-state index in [0.717, 1.165) is 12.0 Å². The highest BCUT2D eigenvalue weighted by molar-refractivity contribution is 5.79. The summed E-state index contributed by atoms with van der Waals surface area (Å²) >= 11 is 0. The van der Waals surface area contributed by atoms with Crippen LogP contribution in [0.25, 0.3) is 0 Å². The average molecular weight is 1120 g/mol. The third-order valence-electron chi connectivity index (χ3n) is 22.0. The van der Waals surface area contributed by atoms with E-state index in [1.165, 1.54) is 0 Å². The first-order valence-electron chi connectivity index (χ1n) is 28.3. The molecule has 0 aromatic carbocycles. The zero-order valence-corrected chi connectivity index (χ0v) is 45.9. The topological polar surface area (TPSA) is 385 Å². The second-order valence-corrected chi connectivity index (χ2v) is 26.8. The minimum absolute atomic E-state index is 0.0239. The molecule has 0 aromatic heterocycles. The summed E-state index contributed by atoms with van der Waals surface area (Å²) < 4.78 is 42.6. The molecule has 78 heavy (non-hydrogen) atoms. The first-order valence-corrected chi connectivity index (χ1v) is 28.3. The van der Waals surface area contributed by atoms with E-state index in [1.807, 2.05) is 6.92 Å². The number of allylic oxidation sites excluding steroid dienone is 2. The van der Waals surface area contributed by atoms with Crippen LogP contribution in [-0.2, 0) is 38.0 Å². The van der Waals surface area contributed by atoms with Gasteiger partial charge in [-0.15, -0.1) is 0 Å². The van der Waals surface area contributed by atoms with Crippen molar-refractivity contribution in [3.05, 3.63) is 11.6 Å². The van der Waals surface area contributed by atoms with Crippen LogP contribution >= 0.6 is 0 Å². The summed E-state index contributed by atoms with van der Waals surface area (Å²) in [5.41, 5.74) is -2.76. The number of ether oxygens (including phenoxy) is 7. The van der Waals surface area contributed by atoms with Crippen LogP contribution in [0.2, 0.25) is 0 Å². The Labute approximate surface area is 455 Å². The molecule has 3 aliphatic heterocycles. The van der Waals surface area contributed by atoms with Crippen LogP contribution in [0, 0.1) is 56.2 Å². The van der Waals surface area contributed by atoms with Crippen molar-refractivity contribution in [3.63, 3.8) is 0 Å². The molecule has 6 aliphatic carbocycles. The summed E-state index contributed by atoms with van der Waals surface area (Å²) in [6, 6.07) is 0. The molecule has 30 atom stereocenters. The van der Waals surface area contributed by atoms with Crippen molar-refractivity contribution in [2.24, 2.45) is 56.2 Å². The Bertz CT molecular complexity index is 2150. The fourth-order valence-electron chi connectivity index (χ4n) is 16.9. The van der Waals surface area contributed by atoms with Gasteiger partial charge in [-0.3, -0.25) is 4.79 Å². The Morgan fingerprint density at radius 1 is 0.628 bits per heavy atom. The summed E-state index contributed by atoms with van der Waals surface area (Å²) in [6.07, 6.45) is -25.7. The van der Waals surface area contributed by atoms with Crippen LogP contribution in [-0.4, -0.2) is 238 Å². The van der Waals surface area contributed by atoms with E-state index in [2.05, 4.69) is 40.7 Å². The van der Waals surface area contributed by atoms with Gasteiger partial charge in [0.15, 0.2) is 18.7 Å². The Balaban J connectivity index is 1.01. The maximum absolute atomic E-state index is 15.6. The quantitative estimate of drug-likeness (QED) is 0.0550.